The fourth-order valence-electron chi connectivity index (χ4n) is 7.44. The molecule has 5 aliphatic rings. The molecule has 13 heteroatoms. The van der Waals surface area contributed by atoms with Crippen molar-refractivity contribution in [3.63, 3.8) is 0 Å². The molecule has 3 fully saturated rings. The fourth-order valence-corrected chi connectivity index (χ4v) is 8.97. The van der Waals surface area contributed by atoms with Gasteiger partial charge in [-0.1, -0.05) is 62.7 Å². The number of nitrogens with one attached hydrogen (secondary N) is 1. The van der Waals surface area contributed by atoms with Crippen LogP contribution in [0.4, 0.5) is 8.78 Å². The molecule has 0 unspecified atom stereocenters. The van der Waals surface area contributed by atoms with Gasteiger partial charge in [0, 0.05) is 48.5 Å². The third-order valence-electron chi connectivity index (χ3n) is 10.2. The van der Waals surface area contributed by atoms with E-state index in [9.17, 15) is 9.59 Å². The number of hydrogen-bond acceptors (Lipinski definition) is 7. The first-order valence-electron chi connectivity index (χ1n) is 16.6. The maximum absolute atomic E-state index is 15.2. The van der Waals surface area contributed by atoms with E-state index in [0.29, 0.717) is 39.6 Å². The molecule has 1 aliphatic carbocycles. The topological polar surface area (TPSA) is 81.1 Å². The van der Waals surface area contributed by atoms with Gasteiger partial charge in [-0.3, -0.25) is 9.59 Å². The van der Waals surface area contributed by atoms with Gasteiger partial charge >= 0.3 is 0 Å². The Labute approximate surface area is 295 Å². The van der Waals surface area contributed by atoms with Crippen LogP contribution in [0.25, 0.3) is 0 Å². The number of carbonyl (C=O) groups excluding carboxylic acids is 2. The molecule has 1 saturated carbocycles. The van der Waals surface area contributed by atoms with Gasteiger partial charge in [0.25, 0.3) is 5.91 Å². The van der Waals surface area contributed by atoms with E-state index in [2.05, 4.69) is 16.9 Å². The van der Waals surface area contributed by atoms with Crippen LogP contribution in [-0.2, 0) is 15.1 Å². The molecule has 2 saturated heterocycles. The van der Waals surface area contributed by atoms with Gasteiger partial charge in [0.05, 0.1) is 17.6 Å². The molecule has 1 spiro atoms. The van der Waals surface area contributed by atoms with E-state index in [-0.39, 0.29) is 41.4 Å². The molecule has 258 valence electrons. The summed E-state index contributed by atoms with van der Waals surface area (Å²) >= 11 is 13.4. The average Bonchev–Trinajstić information content (AvgIpc) is 3.37. The van der Waals surface area contributed by atoms with Crippen molar-refractivity contribution in [2.24, 2.45) is 10.9 Å². The molecule has 1 N–H and O–H groups in total. The maximum atomic E-state index is 15.2. The number of pyridine rings is 1. The highest BCUT2D eigenvalue weighted by Crippen LogP contribution is 2.52. The van der Waals surface area contributed by atoms with Gasteiger partial charge in [0.2, 0.25) is 5.91 Å². The van der Waals surface area contributed by atoms with Crippen LogP contribution in [0.15, 0.2) is 69.1 Å². The SMILES string of the molecule is C=C(/C=C(F)\C(Cl)=C/C)[C@H]1N2C(=N[C@@]1(C)c1ccc(Cl)nc1)SC(C(=O)N1C[C@H](F)C[C@H]1C(=O)N1CC3(CC3)NC[C@H]1CC)=C2C(C)C. The number of aliphatic imine (C=N–C) groups is 1. The first kappa shape index (κ1) is 35.1. The number of aromatic nitrogens is 1. The Morgan fingerprint density at radius 2 is 2.00 bits per heavy atom. The van der Waals surface area contributed by atoms with Crippen LogP contribution in [0.5, 0.6) is 0 Å². The third-order valence-corrected chi connectivity index (χ3v) is 11.9. The van der Waals surface area contributed by atoms with Gasteiger partial charge < -0.3 is 20.0 Å². The molecule has 1 aromatic rings. The number of amidine groups is 1. The van der Waals surface area contributed by atoms with Crippen molar-refractivity contribution in [2.75, 3.05) is 19.6 Å². The number of carbonyl (C=O) groups is 2. The Bertz CT molecular complexity index is 1640. The van der Waals surface area contributed by atoms with Crippen LogP contribution in [0.1, 0.15) is 65.9 Å². The quantitative estimate of drug-likeness (QED) is 0.234. The monoisotopic (exact) mass is 718 g/mol. The van der Waals surface area contributed by atoms with Crippen molar-refractivity contribution >= 4 is 51.9 Å². The number of likely N-dealkylation sites (tertiary alicyclic amines) is 1. The smallest absolute Gasteiger partial charge is 0.263 e. The highest BCUT2D eigenvalue weighted by atomic mass is 35.5. The number of hydrogen-bond donors (Lipinski definition) is 1. The molecule has 0 radical (unpaired) electrons. The minimum absolute atomic E-state index is 0.0122. The molecular weight excluding hydrogens is 677 g/mol. The summed E-state index contributed by atoms with van der Waals surface area (Å²) in [7, 11) is 0. The van der Waals surface area contributed by atoms with E-state index in [1.54, 1.807) is 19.2 Å². The molecule has 5 atom stereocenters. The number of rotatable bonds is 8. The summed E-state index contributed by atoms with van der Waals surface area (Å²) < 4.78 is 30.4. The second-order valence-corrected chi connectivity index (χ2v) is 15.6. The number of thioether (sulfide) groups is 1. The number of nitrogens with zero attached hydrogens (tertiary/aromatic N) is 5. The van der Waals surface area contributed by atoms with Crippen molar-refractivity contribution in [1.29, 1.82) is 0 Å². The highest BCUT2D eigenvalue weighted by molar-refractivity contribution is 8.18. The predicted octanol–water partition coefficient (Wildman–Crippen LogP) is 6.84. The van der Waals surface area contributed by atoms with E-state index in [1.807, 2.05) is 43.6 Å². The summed E-state index contributed by atoms with van der Waals surface area (Å²) in [6.45, 7) is 14.9. The lowest BCUT2D eigenvalue weighted by Crippen LogP contribution is -2.62. The zero-order chi connectivity index (χ0) is 34.7. The highest BCUT2D eigenvalue weighted by Gasteiger charge is 2.56. The normalized spacial score (nSPS) is 30.0. The number of amides is 2. The summed E-state index contributed by atoms with van der Waals surface area (Å²) in [5.41, 5.74) is 0.717. The summed E-state index contributed by atoms with van der Waals surface area (Å²) in [6, 6.07) is 1.92. The summed E-state index contributed by atoms with van der Waals surface area (Å²) in [5, 5.41) is 4.39. The molecule has 48 heavy (non-hydrogen) atoms. The standard InChI is InChI=1S/C35H42Cl2F2N6O2S/c1-7-23-16-41-35(11-12-35)18-44(23)31(46)26-14-22(38)17-43(26)32(47)29-28(19(3)4)45-30(20(5)13-25(39)24(36)8-2)34(6,42-33(45)48-29)21-9-10-27(37)40-15-21/h8-10,13,15,19,22-23,26,30,41H,5,7,11-12,14,16-18H2,1-4,6H3/b24-8+,25-13+/t22-,23-,26+,30-,34+/m1/s1. The van der Waals surface area contributed by atoms with Crippen LogP contribution in [0, 0.1) is 5.92 Å². The van der Waals surface area contributed by atoms with E-state index in [1.165, 1.54) is 28.8 Å². The van der Waals surface area contributed by atoms with Crippen molar-refractivity contribution < 1.29 is 18.4 Å². The van der Waals surface area contributed by atoms with Gasteiger partial charge in [-0.05, 0) is 68.5 Å². The van der Waals surface area contributed by atoms with Crippen molar-refractivity contribution in [1.82, 2.24) is 25.0 Å². The molecule has 5 heterocycles. The Kier molecular flexibility index (Phi) is 9.65. The van der Waals surface area contributed by atoms with Crippen LogP contribution >= 0.6 is 35.0 Å². The third kappa shape index (κ3) is 6.13. The lowest BCUT2D eigenvalue weighted by Gasteiger charge is -2.42. The fraction of sp³-hybridized carbons (Fsp3) is 0.543. The van der Waals surface area contributed by atoms with Crippen LogP contribution in [0.2, 0.25) is 5.15 Å². The minimum Gasteiger partial charge on any atom is -0.335 e. The van der Waals surface area contributed by atoms with Crippen LogP contribution in [0.3, 0.4) is 0 Å². The van der Waals surface area contributed by atoms with Gasteiger partial charge in [0.15, 0.2) is 5.17 Å². The first-order valence-corrected chi connectivity index (χ1v) is 18.1. The number of allylic oxidation sites excluding steroid dienone is 4. The zero-order valence-electron chi connectivity index (χ0n) is 27.9. The van der Waals surface area contributed by atoms with E-state index in [0.717, 1.165) is 24.8 Å². The summed E-state index contributed by atoms with van der Waals surface area (Å²) in [4.78, 5) is 43.7. The first-order chi connectivity index (χ1) is 22.7. The van der Waals surface area contributed by atoms with Crippen molar-refractivity contribution in [3.05, 3.63) is 74.8 Å². The molecule has 4 aliphatic heterocycles. The molecule has 0 aromatic carbocycles. The van der Waals surface area contributed by atoms with Crippen molar-refractivity contribution in [3.8, 4) is 0 Å². The zero-order valence-corrected chi connectivity index (χ0v) is 30.2. The maximum Gasteiger partial charge on any atom is 0.263 e. The minimum atomic E-state index is -1.31. The van der Waals surface area contributed by atoms with Crippen molar-refractivity contribution in [2.45, 2.75) is 95.7 Å². The summed E-state index contributed by atoms with van der Waals surface area (Å²) in [5.74, 6) is -1.43. The summed E-state index contributed by atoms with van der Waals surface area (Å²) in [6.07, 6.45) is 5.81. The number of fused-ring (bicyclic) bond motifs is 1. The van der Waals surface area contributed by atoms with Gasteiger partial charge in [-0.15, -0.1) is 0 Å². The van der Waals surface area contributed by atoms with Gasteiger partial charge in [-0.2, -0.15) is 0 Å². The Morgan fingerprint density at radius 3 is 2.60 bits per heavy atom. The lowest BCUT2D eigenvalue weighted by molar-refractivity contribution is -0.145. The van der Waals surface area contributed by atoms with E-state index < -0.39 is 35.5 Å². The molecular formula is C35H42Cl2F2N6O2S. The molecule has 6 rings (SSSR count). The Balaban J connectivity index is 1.37. The van der Waals surface area contributed by atoms with E-state index >= 15 is 8.78 Å². The largest absolute Gasteiger partial charge is 0.335 e. The molecule has 2 amide bonds. The molecule has 1 aromatic heterocycles. The Hall–Kier alpha value is -2.73. The predicted molar refractivity (Wildman–Crippen MR) is 188 cm³/mol. The van der Waals surface area contributed by atoms with Crippen LogP contribution in [-0.4, -0.2) is 86.1 Å². The number of halogens is 4. The molecule has 0 bridgehead atoms. The molecule has 8 nitrogen and oxygen atoms in total. The second-order valence-electron chi connectivity index (χ2n) is 13.9. The lowest BCUT2D eigenvalue weighted by atomic mass is 9.81. The number of piperazine rings is 1. The number of alkyl halides is 1. The van der Waals surface area contributed by atoms with E-state index in [4.69, 9.17) is 28.2 Å². The van der Waals surface area contributed by atoms with Crippen LogP contribution < -0.4 is 5.32 Å². The Morgan fingerprint density at radius 1 is 1.27 bits per heavy atom. The second kappa shape index (κ2) is 13.2. The average molecular weight is 720 g/mol. The van der Waals surface area contributed by atoms with Gasteiger partial charge in [0.1, 0.15) is 33.6 Å². The van der Waals surface area contributed by atoms with Gasteiger partial charge in [-0.25, -0.2) is 18.8 Å².